The largest absolute Gasteiger partial charge is 0.354 e. The Balaban J connectivity index is 2.03. The summed E-state index contributed by atoms with van der Waals surface area (Å²) in [7, 11) is 6.54. The minimum atomic E-state index is -0.299. The minimum absolute atomic E-state index is 0.299. The Morgan fingerprint density at radius 1 is 0.815 bits per heavy atom. The quantitative estimate of drug-likeness (QED) is 0.485. The molecule has 2 aromatic heterocycles. The third kappa shape index (κ3) is 6.12. The third-order valence-corrected chi connectivity index (χ3v) is 4.52. The second-order valence-corrected chi connectivity index (χ2v) is 6.10. The summed E-state index contributed by atoms with van der Waals surface area (Å²) in [6, 6.07) is 0. The minimum Gasteiger partial charge on any atom is -0.354 e. The number of hydrogen-bond acceptors (Lipinski definition) is 7. The van der Waals surface area contributed by atoms with Crippen LogP contribution in [0.4, 0.5) is 0 Å². The molecule has 0 aromatic carbocycles. The Morgan fingerprint density at radius 2 is 1.22 bits per heavy atom. The second kappa shape index (κ2) is 11.2. The van der Waals surface area contributed by atoms with Crippen molar-refractivity contribution in [2.75, 3.05) is 35.0 Å². The standard InChI is InChI=1S/C18H31N5O4/c1-6-21(11-15-19-7-9-22(15)13-17(24-2)25-3)12-16-20-8-10-23(16)14-18(26-4)27-5/h7-10,17-18H,6,11-14H2,1-5H3. The van der Waals surface area contributed by atoms with Crippen molar-refractivity contribution in [1.82, 2.24) is 24.0 Å². The van der Waals surface area contributed by atoms with Gasteiger partial charge in [-0.3, -0.25) is 4.90 Å². The molecule has 0 saturated carbocycles. The van der Waals surface area contributed by atoms with E-state index in [1.54, 1.807) is 40.8 Å². The Bertz CT molecular complexity index is 597. The van der Waals surface area contributed by atoms with Crippen molar-refractivity contribution < 1.29 is 18.9 Å². The van der Waals surface area contributed by atoms with Gasteiger partial charge in [0.15, 0.2) is 12.6 Å². The van der Waals surface area contributed by atoms with Crippen LogP contribution in [0, 0.1) is 0 Å². The maximum absolute atomic E-state index is 5.30. The average molecular weight is 381 g/mol. The Hall–Kier alpha value is -1.78. The zero-order chi connectivity index (χ0) is 19.6. The molecule has 0 fully saturated rings. The fraction of sp³-hybridized carbons (Fsp3) is 0.667. The zero-order valence-electron chi connectivity index (χ0n) is 16.9. The molecule has 9 nitrogen and oxygen atoms in total. The average Bonchev–Trinajstić information content (AvgIpc) is 3.32. The molecule has 0 bridgehead atoms. The molecular formula is C18H31N5O4. The molecule has 0 atom stereocenters. The first-order valence-corrected chi connectivity index (χ1v) is 8.98. The number of aromatic nitrogens is 4. The van der Waals surface area contributed by atoms with E-state index in [1.165, 1.54) is 0 Å². The molecule has 2 rings (SSSR count). The van der Waals surface area contributed by atoms with Crippen molar-refractivity contribution in [2.45, 2.75) is 45.7 Å². The molecule has 0 aliphatic rings. The molecule has 0 N–H and O–H groups in total. The molecule has 9 heteroatoms. The fourth-order valence-corrected chi connectivity index (χ4v) is 2.81. The Labute approximate surface area is 160 Å². The van der Waals surface area contributed by atoms with E-state index >= 15 is 0 Å². The van der Waals surface area contributed by atoms with E-state index in [0.717, 1.165) is 18.2 Å². The Kier molecular flexibility index (Phi) is 8.89. The number of ether oxygens (including phenoxy) is 4. The van der Waals surface area contributed by atoms with E-state index in [2.05, 4.69) is 30.9 Å². The van der Waals surface area contributed by atoms with Crippen LogP contribution in [0.2, 0.25) is 0 Å². The molecule has 0 radical (unpaired) electrons. The van der Waals surface area contributed by atoms with Gasteiger partial charge in [0.05, 0.1) is 26.2 Å². The molecule has 0 amide bonds. The van der Waals surface area contributed by atoms with E-state index in [4.69, 9.17) is 18.9 Å². The van der Waals surface area contributed by atoms with Crippen LogP contribution in [-0.4, -0.2) is 71.6 Å². The van der Waals surface area contributed by atoms with Gasteiger partial charge in [0.25, 0.3) is 0 Å². The highest BCUT2D eigenvalue weighted by Crippen LogP contribution is 2.11. The zero-order valence-corrected chi connectivity index (χ0v) is 16.9. The maximum atomic E-state index is 5.30. The van der Waals surface area contributed by atoms with Gasteiger partial charge in [-0.25, -0.2) is 9.97 Å². The van der Waals surface area contributed by atoms with Crippen LogP contribution in [0.15, 0.2) is 24.8 Å². The van der Waals surface area contributed by atoms with E-state index in [9.17, 15) is 0 Å². The molecule has 2 heterocycles. The maximum Gasteiger partial charge on any atom is 0.174 e. The van der Waals surface area contributed by atoms with Crippen LogP contribution in [0.1, 0.15) is 18.6 Å². The lowest BCUT2D eigenvalue weighted by Gasteiger charge is -2.23. The lowest BCUT2D eigenvalue weighted by atomic mass is 10.4. The van der Waals surface area contributed by atoms with Crippen LogP contribution in [-0.2, 0) is 45.1 Å². The van der Waals surface area contributed by atoms with Crippen LogP contribution in [0.25, 0.3) is 0 Å². The predicted molar refractivity (Wildman–Crippen MR) is 99.9 cm³/mol. The Morgan fingerprint density at radius 3 is 1.56 bits per heavy atom. The molecule has 0 aliphatic heterocycles. The van der Waals surface area contributed by atoms with Crippen molar-refractivity contribution in [3.8, 4) is 0 Å². The molecule has 0 spiro atoms. The van der Waals surface area contributed by atoms with Gasteiger partial charge in [-0.1, -0.05) is 6.92 Å². The second-order valence-electron chi connectivity index (χ2n) is 6.10. The van der Waals surface area contributed by atoms with Crippen molar-refractivity contribution >= 4 is 0 Å². The highest BCUT2D eigenvalue weighted by molar-refractivity contribution is 4.96. The molecular weight excluding hydrogens is 350 g/mol. The third-order valence-electron chi connectivity index (χ3n) is 4.52. The fourth-order valence-electron chi connectivity index (χ4n) is 2.81. The van der Waals surface area contributed by atoms with Crippen molar-refractivity contribution in [1.29, 1.82) is 0 Å². The molecule has 2 aromatic rings. The summed E-state index contributed by atoms with van der Waals surface area (Å²) >= 11 is 0. The van der Waals surface area contributed by atoms with Gasteiger partial charge >= 0.3 is 0 Å². The highest BCUT2D eigenvalue weighted by Gasteiger charge is 2.16. The molecule has 0 aliphatic carbocycles. The van der Waals surface area contributed by atoms with Gasteiger partial charge < -0.3 is 28.1 Å². The van der Waals surface area contributed by atoms with E-state index in [1.807, 2.05) is 12.4 Å². The highest BCUT2D eigenvalue weighted by atomic mass is 16.7. The summed E-state index contributed by atoms with van der Waals surface area (Å²) in [4.78, 5) is 11.3. The van der Waals surface area contributed by atoms with Crippen molar-refractivity contribution in [3.63, 3.8) is 0 Å². The summed E-state index contributed by atoms with van der Waals surface area (Å²) in [6.07, 6.45) is 6.88. The first-order valence-electron chi connectivity index (χ1n) is 8.98. The monoisotopic (exact) mass is 381 g/mol. The SMILES string of the molecule is CCN(Cc1nccn1CC(OC)OC)Cc1nccn1CC(OC)OC. The summed E-state index contributed by atoms with van der Waals surface area (Å²) < 4.78 is 25.3. The summed E-state index contributed by atoms with van der Waals surface area (Å²) in [6.45, 7) is 5.59. The summed E-state index contributed by atoms with van der Waals surface area (Å²) in [5.41, 5.74) is 0. The van der Waals surface area contributed by atoms with E-state index in [-0.39, 0.29) is 12.6 Å². The summed E-state index contributed by atoms with van der Waals surface area (Å²) in [5.74, 6) is 1.92. The van der Waals surface area contributed by atoms with Gasteiger partial charge in [-0.05, 0) is 6.54 Å². The van der Waals surface area contributed by atoms with Gasteiger partial charge in [0, 0.05) is 53.2 Å². The lowest BCUT2D eigenvalue weighted by Crippen LogP contribution is -2.29. The van der Waals surface area contributed by atoms with Gasteiger partial charge in [0.1, 0.15) is 11.6 Å². The lowest BCUT2D eigenvalue weighted by molar-refractivity contribution is -0.111. The first-order chi connectivity index (χ1) is 13.1. The molecule has 0 saturated heterocycles. The van der Waals surface area contributed by atoms with Crippen molar-refractivity contribution in [3.05, 3.63) is 36.4 Å². The van der Waals surface area contributed by atoms with E-state index in [0.29, 0.717) is 26.2 Å². The predicted octanol–water partition coefficient (Wildman–Crippen LogP) is 1.34. The number of rotatable bonds is 13. The number of nitrogens with zero attached hydrogens (tertiary/aromatic N) is 5. The first kappa shape index (κ1) is 21.5. The van der Waals surface area contributed by atoms with Crippen molar-refractivity contribution in [2.24, 2.45) is 0 Å². The van der Waals surface area contributed by atoms with Gasteiger partial charge in [0.2, 0.25) is 0 Å². The van der Waals surface area contributed by atoms with Gasteiger partial charge in [-0.2, -0.15) is 0 Å². The number of imidazole rings is 2. The molecule has 27 heavy (non-hydrogen) atoms. The van der Waals surface area contributed by atoms with Crippen LogP contribution in [0.3, 0.4) is 0 Å². The van der Waals surface area contributed by atoms with Crippen LogP contribution < -0.4 is 0 Å². The molecule has 152 valence electrons. The topological polar surface area (TPSA) is 75.8 Å². The summed E-state index contributed by atoms with van der Waals surface area (Å²) in [5, 5.41) is 0. The normalized spacial score (nSPS) is 12.0. The van der Waals surface area contributed by atoms with Gasteiger partial charge in [-0.15, -0.1) is 0 Å². The number of methoxy groups -OCH3 is 4. The van der Waals surface area contributed by atoms with Crippen LogP contribution in [0.5, 0.6) is 0 Å². The molecule has 0 unspecified atom stereocenters. The smallest absolute Gasteiger partial charge is 0.174 e. The van der Waals surface area contributed by atoms with Crippen LogP contribution >= 0.6 is 0 Å². The van der Waals surface area contributed by atoms with E-state index < -0.39 is 0 Å². The number of hydrogen-bond donors (Lipinski definition) is 0.